The molecule has 1 amide bonds. The van der Waals surface area contributed by atoms with E-state index in [1.165, 1.54) is 30.5 Å². The number of sulfonamides is 1. The van der Waals surface area contributed by atoms with Gasteiger partial charge in [0.1, 0.15) is 4.90 Å². The molecule has 0 aliphatic heterocycles. The summed E-state index contributed by atoms with van der Waals surface area (Å²) >= 11 is 0. The van der Waals surface area contributed by atoms with Crippen LogP contribution >= 0.6 is 0 Å². The van der Waals surface area contributed by atoms with Crippen molar-refractivity contribution in [1.29, 1.82) is 0 Å². The van der Waals surface area contributed by atoms with E-state index in [1.807, 2.05) is 0 Å². The second-order valence-electron chi connectivity index (χ2n) is 4.17. The zero-order chi connectivity index (χ0) is 15.5. The molecule has 0 bridgehead atoms. The number of nitrogens with two attached hydrogens (primary N) is 2. The first kappa shape index (κ1) is 14.9. The van der Waals surface area contributed by atoms with Crippen molar-refractivity contribution in [3.05, 3.63) is 53.9 Å². The molecule has 0 unspecified atom stereocenters. The molecule has 0 aliphatic carbocycles. The average molecular weight is 306 g/mol. The molecule has 1 aromatic heterocycles. The Morgan fingerprint density at radius 2 is 1.90 bits per heavy atom. The highest BCUT2D eigenvalue weighted by atomic mass is 32.2. The highest BCUT2D eigenvalue weighted by Crippen LogP contribution is 2.21. The summed E-state index contributed by atoms with van der Waals surface area (Å²) in [5.41, 5.74) is 11.1. The first-order chi connectivity index (χ1) is 9.95. The molecule has 7 nitrogen and oxygen atoms in total. The molecule has 0 saturated heterocycles. The fourth-order valence-corrected chi connectivity index (χ4v) is 3.09. The first-order valence-corrected chi connectivity index (χ1v) is 7.49. The fourth-order valence-electron chi connectivity index (χ4n) is 1.81. The third-order valence-corrected chi connectivity index (χ3v) is 4.21. The summed E-state index contributed by atoms with van der Waals surface area (Å²) in [6.07, 6.45) is 1.46. The summed E-state index contributed by atoms with van der Waals surface area (Å²) in [6.45, 7) is -0.0193. The largest absolute Gasteiger partial charge is 0.366 e. The van der Waals surface area contributed by atoms with Gasteiger partial charge in [-0.2, -0.15) is 0 Å². The Balaban J connectivity index is 2.45. The molecule has 0 saturated carbocycles. The lowest BCUT2D eigenvalue weighted by atomic mass is 10.2. The molecule has 21 heavy (non-hydrogen) atoms. The number of amides is 1. The molecule has 0 fully saturated rings. The standard InChI is InChI=1S/C13H14N4O3S/c14-8-11-12(6-3-7-16-11)21(19,20)17-10-5-2-1-4-9(10)13(15)18/h1-7,17H,8,14H2,(H2,15,18). The molecule has 0 spiro atoms. The van der Waals surface area contributed by atoms with Crippen LogP contribution in [0, 0.1) is 0 Å². The lowest BCUT2D eigenvalue weighted by Crippen LogP contribution is -2.20. The van der Waals surface area contributed by atoms with Crippen molar-refractivity contribution in [2.24, 2.45) is 11.5 Å². The number of nitrogens with zero attached hydrogens (tertiary/aromatic N) is 1. The van der Waals surface area contributed by atoms with E-state index in [0.29, 0.717) is 0 Å². The lowest BCUT2D eigenvalue weighted by molar-refractivity contribution is 0.100. The normalized spacial score (nSPS) is 11.1. The molecule has 2 aromatic rings. The summed E-state index contributed by atoms with van der Waals surface area (Å²) in [7, 11) is -3.91. The highest BCUT2D eigenvalue weighted by molar-refractivity contribution is 7.92. The van der Waals surface area contributed by atoms with Crippen LogP contribution in [0.15, 0.2) is 47.5 Å². The number of hydrogen-bond acceptors (Lipinski definition) is 5. The van der Waals surface area contributed by atoms with E-state index in [4.69, 9.17) is 11.5 Å². The molecule has 0 radical (unpaired) electrons. The van der Waals surface area contributed by atoms with E-state index in [-0.39, 0.29) is 28.4 Å². The van der Waals surface area contributed by atoms with Crippen molar-refractivity contribution in [2.75, 3.05) is 4.72 Å². The number of benzene rings is 1. The topological polar surface area (TPSA) is 128 Å². The van der Waals surface area contributed by atoms with Gasteiger partial charge in [0.15, 0.2) is 0 Å². The summed E-state index contributed by atoms with van der Waals surface area (Å²) in [6, 6.07) is 8.96. The summed E-state index contributed by atoms with van der Waals surface area (Å²) in [5, 5.41) is 0. The van der Waals surface area contributed by atoms with Crippen molar-refractivity contribution in [3.8, 4) is 0 Å². The van der Waals surface area contributed by atoms with Crippen LogP contribution in [-0.4, -0.2) is 19.3 Å². The van der Waals surface area contributed by atoms with Gasteiger partial charge in [0.05, 0.1) is 16.9 Å². The second-order valence-corrected chi connectivity index (χ2v) is 5.82. The van der Waals surface area contributed by atoms with Gasteiger partial charge >= 0.3 is 0 Å². The van der Waals surface area contributed by atoms with E-state index in [9.17, 15) is 13.2 Å². The number of carbonyl (C=O) groups excluding carboxylic acids is 1. The van der Waals surface area contributed by atoms with E-state index in [2.05, 4.69) is 9.71 Å². The van der Waals surface area contributed by atoms with Crippen LogP contribution in [0.1, 0.15) is 16.1 Å². The molecule has 1 heterocycles. The van der Waals surface area contributed by atoms with Crippen molar-refractivity contribution in [2.45, 2.75) is 11.4 Å². The molecule has 8 heteroatoms. The van der Waals surface area contributed by atoms with Gasteiger partial charge in [-0.1, -0.05) is 12.1 Å². The fraction of sp³-hybridized carbons (Fsp3) is 0.0769. The summed E-state index contributed by atoms with van der Waals surface area (Å²) in [5.74, 6) is -0.724. The van der Waals surface area contributed by atoms with E-state index < -0.39 is 15.9 Å². The van der Waals surface area contributed by atoms with Gasteiger partial charge in [-0.15, -0.1) is 0 Å². The van der Waals surface area contributed by atoms with Gasteiger partial charge in [0.25, 0.3) is 15.9 Å². The van der Waals surface area contributed by atoms with Crippen molar-refractivity contribution >= 4 is 21.6 Å². The average Bonchev–Trinajstić information content (AvgIpc) is 2.47. The predicted octanol–water partition coefficient (Wildman–Crippen LogP) is 0.440. The van der Waals surface area contributed by atoms with Crippen LogP contribution < -0.4 is 16.2 Å². The lowest BCUT2D eigenvalue weighted by Gasteiger charge is -2.12. The van der Waals surface area contributed by atoms with Gasteiger partial charge in [0.2, 0.25) is 0 Å². The Bertz CT molecular complexity index is 774. The van der Waals surface area contributed by atoms with Gasteiger partial charge in [-0.05, 0) is 24.3 Å². The number of hydrogen-bond donors (Lipinski definition) is 3. The van der Waals surface area contributed by atoms with Gasteiger partial charge in [-0.25, -0.2) is 8.42 Å². The van der Waals surface area contributed by atoms with Crippen LogP contribution in [0.5, 0.6) is 0 Å². The molecule has 0 aliphatic rings. The van der Waals surface area contributed by atoms with Crippen LogP contribution in [0.4, 0.5) is 5.69 Å². The molecular weight excluding hydrogens is 292 g/mol. The number of primary amides is 1. The van der Waals surface area contributed by atoms with Crippen molar-refractivity contribution < 1.29 is 13.2 Å². The maximum absolute atomic E-state index is 12.4. The molecule has 1 aromatic carbocycles. The predicted molar refractivity (Wildman–Crippen MR) is 77.9 cm³/mol. The summed E-state index contributed by atoms with van der Waals surface area (Å²) in [4.78, 5) is 15.2. The zero-order valence-corrected chi connectivity index (χ0v) is 11.8. The van der Waals surface area contributed by atoms with Gasteiger partial charge in [0, 0.05) is 12.7 Å². The van der Waals surface area contributed by atoms with Crippen molar-refractivity contribution in [1.82, 2.24) is 4.98 Å². The quantitative estimate of drug-likeness (QED) is 0.738. The molecule has 5 N–H and O–H groups in total. The zero-order valence-electron chi connectivity index (χ0n) is 11.0. The van der Waals surface area contributed by atoms with Gasteiger partial charge in [-0.3, -0.25) is 14.5 Å². The monoisotopic (exact) mass is 306 g/mol. The highest BCUT2D eigenvalue weighted by Gasteiger charge is 2.20. The number of pyridine rings is 1. The van der Waals surface area contributed by atoms with E-state index >= 15 is 0 Å². The van der Waals surface area contributed by atoms with Crippen LogP contribution in [-0.2, 0) is 16.6 Å². The molecule has 0 atom stereocenters. The Morgan fingerprint density at radius 1 is 1.19 bits per heavy atom. The van der Waals surface area contributed by atoms with Gasteiger partial charge < -0.3 is 11.5 Å². The third-order valence-electron chi connectivity index (χ3n) is 2.77. The minimum absolute atomic E-state index is 0.0193. The number of carbonyl (C=O) groups is 1. The summed E-state index contributed by atoms with van der Waals surface area (Å²) < 4.78 is 27.1. The number of nitrogens with one attached hydrogen (secondary N) is 1. The minimum Gasteiger partial charge on any atom is -0.366 e. The Kier molecular flexibility index (Phi) is 4.20. The number of rotatable bonds is 5. The third kappa shape index (κ3) is 3.18. The van der Waals surface area contributed by atoms with Crippen LogP contribution in [0.25, 0.3) is 0 Å². The molecule has 2 rings (SSSR count). The minimum atomic E-state index is -3.91. The Labute approximate surface area is 122 Å². The Hall–Kier alpha value is -2.45. The van der Waals surface area contributed by atoms with Crippen molar-refractivity contribution in [3.63, 3.8) is 0 Å². The smallest absolute Gasteiger partial charge is 0.263 e. The number of para-hydroxylation sites is 1. The SMILES string of the molecule is NCc1ncccc1S(=O)(=O)Nc1ccccc1C(N)=O. The van der Waals surface area contributed by atoms with Crippen LogP contribution in [0.2, 0.25) is 0 Å². The number of anilines is 1. The molecular formula is C13H14N4O3S. The second kappa shape index (κ2) is 5.90. The molecule has 110 valence electrons. The van der Waals surface area contributed by atoms with Crippen LogP contribution in [0.3, 0.4) is 0 Å². The number of aromatic nitrogens is 1. The van der Waals surface area contributed by atoms with E-state index in [1.54, 1.807) is 12.1 Å². The Morgan fingerprint density at radius 3 is 2.57 bits per heavy atom. The first-order valence-electron chi connectivity index (χ1n) is 6.01. The maximum Gasteiger partial charge on any atom is 0.263 e. The maximum atomic E-state index is 12.4. The van der Waals surface area contributed by atoms with E-state index in [0.717, 1.165) is 0 Å².